The van der Waals surface area contributed by atoms with Gasteiger partial charge in [0.25, 0.3) is 25.3 Å². The zero-order valence-electron chi connectivity index (χ0n) is 36.5. The molecule has 340 valence electrons. The molecule has 4 aromatic rings. The van der Waals surface area contributed by atoms with E-state index in [0.717, 1.165) is 11.1 Å². The van der Waals surface area contributed by atoms with Gasteiger partial charge < -0.3 is 53.4 Å². The lowest BCUT2D eigenvalue weighted by Gasteiger charge is -2.19. The molecule has 0 fully saturated rings. The molecule has 0 unspecified atom stereocenters. The first-order chi connectivity index (χ1) is 29.6. The fourth-order valence-corrected chi connectivity index (χ4v) is 5.99. The van der Waals surface area contributed by atoms with Gasteiger partial charge >= 0.3 is 24.1 Å². The molecule has 6 N–H and O–H groups in total. The number of aliphatic carboxylic acids is 2. The lowest BCUT2D eigenvalue weighted by atomic mass is 9.99. The highest BCUT2D eigenvalue weighted by Crippen LogP contribution is 2.11. The second-order valence-corrected chi connectivity index (χ2v) is 15.1. The number of nitrogens with one attached hydrogen (secondary N) is 4. The molecule has 2 heterocycles. The Morgan fingerprint density at radius 3 is 1.13 bits per heavy atom. The zero-order valence-corrected chi connectivity index (χ0v) is 37.3. The summed E-state index contributed by atoms with van der Waals surface area (Å²) in [6.45, 7) is 11.1. The van der Waals surface area contributed by atoms with E-state index in [2.05, 4.69) is 21.3 Å². The molecule has 0 aliphatic heterocycles. The third-order valence-electron chi connectivity index (χ3n) is 10.0. The first-order valence-electron chi connectivity index (χ1n) is 20.6. The summed E-state index contributed by atoms with van der Waals surface area (Å²) in [5, 5.41) is 29.3. The van der Waals surface area contributed by atoms with Crippen LogP contribution in [0.3, 0.4) is 0 Å². The number of ether oxygens (including phenoxy) is 2. The van der Waals surface area contributed by atoms with E-state index in [9.17, 15) is 39.0 Å². The van der Waals surface area contributed by atoms with Crippen molar-refractivity contribution in [3.8, 4) is 0 Å². The Labute approximate surface area is 374 Å². The number of rotatable bonds is 20. The van der Waals surface area contributed by atoms with Gasteiger partial charge in [-0.1, -0.05) is 101 Å². The van der Waals surface area contributed by atoms with Crippen molar-refractivity contribution in [3.05, 3.63) is 132 Å². The molecular weight excluding hydrogens is 832 g/mol. The minimum atomic E-state index is -1.06. The van der Waals surface area contributed by atoms with Crippen LogP contribution in [0.1, 0.15) is 86.2 Å². The predicted molar refractivity (Wildman–Crippen MR) is 228 cm³/mol. The summed E-state index contributed by atoms with van der Waals surface area (Å²) in [6, 6.07) is 23.8. The number of benzene rings is 2. The lowest BCUT2D eigenvalue weighted by Crippen LogP contribution is -3.00. The van der Waals surface area contributed by atoms with Gasteiger partial charge in [0.2, 0.25) is 0 Å². The Morgan fingerprint density at radius 1 is 0.524 bits per heavy atom. The molecule has 4 amide bonds. The number of halogens is 1. The van der Waals surface area contributed by atoms with Crippen LogP contribution in [0, 0.1) is 11.8 Å². The van der Waals surface area contributed by atoms with Crippen molar-refractivity contribution in [1.29, 1.82) is 0 Å². The highest BCUT2D eigenvalue weighted by Gasteiger charge is 2.27. The van der Waals surface area contributed by atoms with Crippen LogP contribution in [0.5, 0.6) is 0 Å². The van der Waals surface area contributed by atoms with Crippen molar-refractivity contribution in [2.24, 2.45) is 11.8 Å². The largest absolute Gasteiger partial charge is 1.00 e. The van der Waals surface area contributed by atoms with Gasteiger partial charge in [-0.3, -0.25) is 9.59 Å². The number of pyridine rings is 2. The summed E-state index contributed by atoms with van der Waals surface area (Å²) < 4.78 is 13.6. The number of carbonyl (C=O) groups excluding carboxylic acids is 4. The van der Waals surface area contributed by atoms with Crippen molar-refractivity contribution in [2.45, 2.75) is 105 Å². The average molecular weight is 892 g/mol. The van der Waals surface area contributed by atoms with Crippen LogP contribution in [-0.4, -0.2) is 70.3 Å². The van der Waals surface area contributed by atoms with Crippen molar-refractivity contribution in [2.75, 3.05) is 0 Å². The molecule has 0 radical (unpaired) electrons. The molecule has 0 saturated carbocycles. The van der Waals surface area contributed by atoms with Crippen LogP contribution in [0.2, 0.25) is 0 Å². The summed E-state index contributed by atoms with van der Waals surface area (Å²) in [4.78, 5) is 71.5. The Bertz CT molecular complexity index is 1900. The van der Waals surface area contributed by atoms with Gasteiger partial charge in [0.1, 0.15) is 12.1 Å². The van der Waals surface area contributed by atoms with Crippen molar-refractivity contribution < 1.29 is 70.0 Å². The quantitative estimate of drug-likeness (QED) is 0.0710. The van der Waals surface area contributed by atoms with E-state index in [1.807, 2.05) is 88.4 Å². The van der Waals surface area contributed by atoms with E-state index in [1.165, 1.54) is 0 Å². The van der Waals surface area contributed by atoms with Crippen LogP contribution in [0.4, 0.5) is 9.59 Å². The standard InChI is InChI=1S/2C23H29N3O5.ClH/c2*1-4-16(2)20(22(28)29)25-21(27)19-10-12-26(13-11-19)15-31-23(30)24-17(3)14-18-8-6-5-7-9-18;/h2*5-13,16-17,20H,4,14-15H2,1-3H3,(H2-,24,25,27,28,29,30);1H/p+1/t2*16-,17-,20-;/m00./s1. The van der Waals surface area contributed by atoms with Gasteiger partial charge in [0.15, 0.2) is 24.8 Å². The third-order valence-corrected chi connectivity index (χ3v) is 10.0. The molecule has 16 nitrogen and oxygen atoms in total. The minimum Gasteiger partial charge on any atom is -1.00 e. The molecule has 0 aliphatic carbocycles. The molecule has 2 aromatic carbocycles. The number of alkyl carbamates (subject to hydrolysis) is 2. The van der Waals surface area contributed by atoms with Crippen molar-refractivity contribution in [3.63, 3.8) is 0 Å². The number of amides is 4. The number of nitrogens with zero attached hydrogens (tertiary/aromatic N) is 2. The molecule has 2 aromatic heterocycles. The first-order valence-corrected chi connectivity index (χ1v) is 20.6. The number of hydrogen-bond donors (Lipinski definition) is 6. The molecule has 0 spiro atoms. The molecule has 0 aliphatic rings. The smallest absolute Gasteiger partial charge is 0.412 e. The first kappa shape index (κ1) is 52.6. The maximum Gasteiger partial charge on any atom is 0.412 e. The minimum absolute atomic E-state index is 0. The van der Waals surface area contributed by atoms with Crippen LogP contribution in [-0.2, 0) is 45.4 Å². The van der Waals surface area contributed by atoms with Crippen LogP contribution >= 0.6 is 0 Å². The Balaban J connectivity index is 0.000000427. The summed E-state index contributed by atoms with van der Waals surface area (Å²) in [7, 11) is 0. The average Bonchev–Trinajstić information content (AvgIpc) is 3.26. The molecular formula is C46H60ClN6O10+. The van der Waals surface area contributed by atoms with Crippen LogP contribution in [0.25, 0.3) is 0 Å². The fourth-order valence-electron chi connectivity index (χ4n) is 5.99. The summed E-state index contributed by atoms with van der Waals surface area (Å²) in [5.74, 6) is -3.43. The summed E-state index contributed by atoms with van der Waals surface area (Å²) >= 11 is 0. The number of carbonyl (C=O) groups is 6. The Hall–Kier alpha value is -6.55. The lowest BCUT2D eigenvalue weighted by molar-refractivity contribution is -0.727. The second kappa shape index (κ2) is 27.4. The third kappa shape index (κ3) is 18.9. The number of carboxylic acid groups (broad SMARTS) is 2. The molecule has 17 heteroatoms. The predicted octanol–water partition coefficient (Wildman–Crippen LogP) is 2.04. The van der Waals surface area contributed by atoms with E-state index < -0.39 is 48.0 Å². The number of hydrogen-bond acceptors (Lipinski definition) is 8. The van der Waals surface area contributed by atoms with E-state index in [1.54, 1.807) is 72.0 Å². The second-order valence-electron chi connectivity index (χ2n) is 15.1. The van der Waals surface area contributed by atoms with Gasteiger partial charge in [-0.15, -0.1) is 0 Å². The maximum absolute atomic E-state index is 12.3. The fraction of sp³-hybridized carbons (Fsp3) is 0.391. The topological polar surface area (TPSA) is 217 Å². The highest BCUT2D eigenvalue weighted by atomic mass is 35.5. The molecule has 6 atom stereocenters. The zero-order chi connectivity index (χ0) is 45.6. The summed E-state index contributed by atoms with van der Waals surface area (Å²) in [5.41, 5.74) is 2.90. The van der Waals surface area contributed by atoms with E-state index in [-0.39, 0.29) is 49.8 Å². The van der Waals surface area contributed by atoms with E-state index >= 15 is 0 Å². The Morgan fingerprint density at radius 2 is 0.841 bits per heavy atom. The highest BCUT2D eigenvalue weighted by molar-refractivity contribution is 5.97. The van der Waals surface area contributed by atoms with Gasteiger partial charge in [-0.25, -0.2) is 19.2 Å². The SMILES string of the molecule is CC[C@H](C)[C@H](NC(=O)c1cc[n+](COC(=O)N[C@@H](C)Cc2ccccc2)cc1)C(=O)O.CC[C@H](C)[C@H](NC(=O)c1cc[n+](COC(=O)N[C@@H](C)Cc2ccccc2)cc1)C(=O)O.[Cl-]. The maximum atomic E-state index is 12.3. The van der Waals surface area contributed by atoms with Gasteiger partial charge in [-0.05, 0) is 49.7 Å². The van der Waals surface area contributed by atoms with Gasteiger partial charge in [-0.2, -0.15) is 9.13 Å². The molecule has 4 rings (SSSR count). The van der Waals surface area contributed by atoms with Crippen molar-refractivity contribution in [1.82, 2.24) is 21.3 Å². The van der Waals surface area contributed by atoms with Gasteiger partial charge in [0, 0.05) is 36.3 Å². The van der Waals surface area contributed by atoms with Crippen LogP contribution in [0.15, 0.2) is 110 Å². The van der Waals surface area contributed by atoms with Gasteiger partial charge in [0.05, 0.1) is 11.1 Å². The Kier molecular flexibility index (Phi) is 22.9. The molecule has 0 saturated heterocycles. The van der Waals surface area contributed by atoms with E-state index in [0.29, 0.717) is 36.8 Å². The van der Waals surface area contributed by atoms with Crippen molar-refractivity contribution >= 4 is 35.9 Å². The normalized spacial score (nSPS) is 13.3. The molecule has 0 bridgehead atoms. The summed E-state index contributed by atoms with van der Waals surface area (Å²) in [6.07, 6.45) is 7.96. The van der Waals surface area contributed by atoms with Crippen LogP contribution < -0.4 is 42.8 Å². The number of aromatic nitrogens is 2. The number of carboxylic acids is 2. The monoisotopic (exact) mass is 891 g/mol. The molecule has 63 heavy (non-hydrogen) atoms. The van der Waals surface area contributed by atoms with E-state index in [4.69, 9.17) is 9.47 Å².